The number of nitrogens with one attached hydrogen (secondary N) is 1. The van der Waals surface area contributed by atoms with Gasteiger partial charge in [0, 0.05) is 0 Å². The van der Waals surface area contributed by atoms with Gasteiger partial charge in [0.25, 0.3) is 10.0 Å². The van der Waals surface area contributed by atoms with Crippen molar-refractivity contribution in [1.29, 1.82) is 0 Å². The smallest absolute Gasteiger partial charge is 0.257 e. The molecule has 7 heteroatoms. The number of hydrogen-bond donors (Lipinski definition) is 1. The summed E-state index contributed by atoms with van der Waals surface area (Å²) in [5, 5.41) is 3.31. The van der Waals surface area contributed by atoms with Gasteiger partial charge in [0.05, 0.1) is 17.3 Å². The van der Waals surface area contributed by atoms with Crippen LogP contribution in [0, 0.1) is 0 Å². The summed E-state index contributed by atoms with van der Waals surface area (Å²) < 4.78 is 26.2. The van der Waals surface area contributed by atoms with E-state index in [0.29, 0.717) is 11.7 Å². The Kier molecular flexibility index (Phi) is 2.92. The van der Waals surface area contributed by atoms with Gasteiger partial charge in [-0.25, -0.2) is 8.42 Å². The fourth-order valence-electron chi connectivity index (χ4n) is 1.31. The fourth-order valence-corrected chi connectivity index (χ4v) is 3.44. The monoisotopic (exact) mass is 247 g/mol. The Bertz CT molecular complexity index is 414. The van der Waals surface area contributed by atoms with Crippen molar-refractivity contribution in [3.05, 3.63) is 11.1 Å². The summed E-state index contributed by atoms with van der Waals surface area (Å²) in [4.78, 5) is 0. The van der Waals surface area contributed by atoms with Crippen LogP contribution in [-0.4, -0.2) is 30.9 Å². The van der Waals surface area contributed by atoms with Crippen molar-refractivity contribution in [2.24, 2.45) is 4.40 Å². The summed E-state index contributed by atoms with van der Waals surface area (Å²) in [6.45, 7) is 2.57. The molecule has 2 rings (SSSR count). The van der Waals surface area contributed by atoms with Crippen LogP contribution < -0.4 is 5.43 Å². The summed E-state index contributed by atoms with van der Waals surface area (Å²) >= 11 is 1.38. The summed E-state index contributed by atoms with van der Waals surface area (Å²) in [6.07, 6.45) is 4.14. The molecule has 0 aromatic carbocycles. The predicted molar refractivity (Wildman–Crippen MR) is 61.6 cm³/mol. The Balaban J connectivity index is 2.15. The van der Waals surface area contributed by atoms with E-state index in [9.17, 15) is 8.42 Å². The molecule has 0 amide bonds. The van der Waals surface area contributed by atoms with Gasteiger partial charge in [-0.3, -0.25) is 10.4 Å². The number of hydrazine groups is 1. The zero-order chi connectivity index (χ0) is 10.9. The van der Waals surface area contributed by atoms with Crippen LogP contribution >= 0.6 is 11.8 Å². The zero-order valence-electron chi connectivity index (χ0n) is 8.43. The van der Waals surface area contributed by atoms with Crippen LogP contribution in [0.3, 0.4) is 0 Å². The number of nitrogens with zero attached hydrogens (tertiary/aromatic N) is 2. The van der Waals surface area contributed by atoms with Gasteiger partial charge in [-0.05, 0) is 18.2 Å². The predicted octanol–water partition coefficient (Wildman–Crippen LogP) is 0.881. The minimum absolute atomic E-state index is 0.0884. The van der Waals surface area contributed by atoms with Crippen LogP contribution in [0.25, 0.3) is 0 Å². The minimum Gasteiger partial charge on any atom is -0.290 e. The Morgan fingerprint density at radius 3 is 3.20 bits per heavy atom. The number of fused-ring (bicyclic) bond motifs is 1. The van der Waals surface area contributed by atoms with Gasteiger partial charge in [-0.1, -0.05) is 19.4 Å². The first-order valence-corrected chi connectivity index (χ1v) is 7.28. The number of unbranched alkanes of at least 4 members (excludes halogenated alkanes) is 1. The van der Waals surface area contributed by atoms with Crippen molar-refractivity contribution >= 4 is 27.0 Å². The molecule has 0 unspecified atom stereocenters. The van der Waals surface area contributed by atoms with E-state index < -0.39 is 10.0 Å². The van der Waals surface area contributed by atoms with Crippen molar-refractivity contribution < 1.29 is 8.42 Å². The molecular weight excluding hydrogens is 234 g/mol. The van der Waals surface area contributed by atoms with E-state index in [4.69, 9.17) is 0 Å². The second-order valence-corrected chi connectivity index (χ2v) is 6.15. The standard InChI is InChI=1S/C8H13N3O2S2/c1-2-3-4-7-9-11-5-6-15(12,13)10-8(11)14-7/h4,9H,2-3,5-6H2,1H3/b7-4-. The van der Waals surface area contributed by atoms with Crippen molar-refractivity contribution in [1.82, 2.24) is 10.4 Å². The van der Waals surface area contributed by atoms with Crippen molar-refractivity contribution in [2.45, 2.75) is 19.8 Å². The number of thioether (sulfide) groups is 1. The number of sulfonamides is 1. The maximum atomic E-state index is 11.2. The SMILES string of the molecule is CCC/C=C1/NN2CCS(=O)(=O)N=C2S1. The molecule has 0 radical (unpaired) electrons. The lowest BCUT2D eigenvalue weighted by molar-refractivity contribution is 0.383. The first-order valence-electron chi connectivity index (χ1n) is 4.85. The van der Waals surface area contributed by atoms with Crippen LogP contribution in [0.4, 0.5) is 0 Å². The number of amidine groups is 1. The fraction of sp³-hybridized carbons (Fsp3) is 0.625. The first kappa shape index (κ1) is 10.8. The van der Waals surface area contributed by atoms with E-state index in [1.165, 1.54) is 11.8 Å². The molecule has 0 saturated carbocycles. The molecule has 0 aliphatic carbocycles. The van der Waals surface area contributed by atoms with E-state index in [2.05, 4.69) is 22.8 Å². The zero-order valence-corrected chi connectivity index (χ0v) is 10.1. The molecule has 84 valence electrons. The lowest BCUT2D eigenvalue weighted by Gasteiger charge is -2.20. The second kappa shape index (κ2) is 4.05. The van der Waals surface area contributed by atoms with Crippen molar-refractivity contribution in [2.75, 3.05) is 12.3 Å². The maximum absolute atomic E-state index is 11.2. The summed E-state index contributed by atoms with van der Waals surface area (Å²) in [5.41, 5.74) is 3.13. The Morgan fingerprint density at radius 2 is 2.47 bits per heavy atom. The van der Waals surface area contributed by atoms with Crippen LogP contribution in [0.15, 0.2) is 15.5 Å². The molecular formula is C8H13N3O2S2. The molecule has 2 aliphatic heterocycles. The third-order valence-corrected chi connectivity index (χ3v) is 4.32. The molecule has 1 fully saturated rings. The van der Waals surface area contributed by atoms with Crippen LogP contribution in [0.1, 0.15) is 19.8 Å². The molecule has 1 N–H and O–H groups in total. The molecule has 0 bridgehead atoms. The second-order valence-electron chi connectivity index (χ2n) is 3.38. The first-order chi connectivity index (χ1) is 7.11. The van der Waals surface area contributed by atoms with E-state index >= 15 is 0 Å². The normalized spacial score (nSPS) is 26.1. The molecule has 1 saturated heterocycles. The summed E-state index contributed by atoms with van der Waals surface area (Å²) in [5.74, 6) is 0.0884. The lowest BCUT2D eigenvalue weighted by atomic mass is 10.3. The van der Waals surface area contributed by atoms with Crippen LogP contribution in [-0.2, 0) is 10.0 Å². The molecule has 15 heavy (non-hydrogen) atoms. The summed E-state index contributed by atoms with van der Waals surface area (Å²) in [6, 6.07) is 0. The molecule has 0 aromatic rings. The average Bonchev–Trinajstić information content (AvgIpc) is 2.55. The van der Waals surface area contributed by atoms with Gasteiger partial charge in [0.1, 0.15) is 0 Å². The van der Waals surface area contributed by atoms with Gasteiger partial charge in [0.15, 0.2) is 0 Å². The topological polar surface area (TPSA) is 61.8 Å². The van der Waals surface area contributed by atoms with E-state index in [-0.39, 0.29) is 5.75 Å². The van der Waals surface area contributed by atoms with Crippen LogP contribution in [0.2, 0.25) is 0 Å². The largest absolute Gasteiger partial charge is 0.290 e. The summed E-state index contributed by atoms with van der Waals surface area (Å²) in [7, 11) is -3.22. The number of hydrogen-bond acceptors (Lipinski definition) is 5. The highest BCUT2D eigenvalue weighted by atomic mass is 32.2. The maximum Gasteiger partial charge on any atom is 0.257 e. The van der Waals surface area contributed by atoms with E-state index in [1.54, 1.807) is 5.01 Å². The van der Waals surface area contributed by atoms with Crippen molar-refractivity contribution in [3.8, 4) is 0 Å². The van der Waals surface area contributed by atoms with E-state index in [1.807, 2.05) is 0 Å². The van der Waals surface area contributed by atoms with Gasteiger partial charge in [0.2, 0.25) is 5.17 Å². The van der Waals surface area contributed by atoms with Crippen molar-refractivity contribution in [3.63, 3.8) is 0 Å². The highest BCUT2D eigenvalue weighted by Crippen LogP contribution is 2.28. The van der Waals surface area contributed by atoms with Gasteiger partial charge in [-0.15, -0.1) is 4.40 Å². The molecule has 2 aliphatic rings. The molecule has 0 spiro atoms. The van der Waals surface area contributed by atoms with Gasteiger partial charge < -0.3 is 0 Å². The van der Waals surface area contributed by atoms with E-state index in [0.717, 1.165) is 17.9 Å². The minimum atomic E-state index is -3.22. The van der Waals surface area contributed by atoms with Crippen LogP contribution in [0.5, 0.6) is 0 Å². The highest BCUT2D eigenvalue weighted by Gasteiger charge is 2.30. The Labute approximate surface area is 93.7 Å². The molecule has 5 nitrogen and oxygen atoms in total. The Hall–Kier alpha value is -0.690. The lowest BCUT2D eigenvalue weighted by Crippen LogP contribution is -2.40. The molecule has 2 heterocycles. The van der Waals surface area contributed by atoms with Gasteiger partial charge >= 0.3 is 0 Å². The highest BCUT2D eigenvalue weighted by molar-refractivity contribution is 8.18. The van der Waals surface area contributed by atoms with Gasteiger partial charge in [-0.2, -0.15) is 0 Å². The number of rotatable bonds is 2. The average molecular weight is 247 g/mol. The third-order valence-electron chi connectivity index (χ3n) is 2.09. The third kappa shape index (κ3) is 2.46. The number of allylic oxidation sites excluding steroid dienone is 1. The Morgan fingerprint density at radius 1 is 1.67 bits per heavy atom. The quantitative estimate of drug-likeness (QED) is 0.785. The molecule has 0 atom stereocenters. The molecule has 0 aromatic heterocycles.